The lowest BCUT2D eigenvalue weighted by molar-refractivity contribution is 0.666. The Balaban J connectivity index is 1.44. The number of nitrogens with zero attached hydrogens (tertiary/aromatic N) is 4. The van der Waals surface area contributed by atoms with Gasteiger partial charge in [0.05, 0.1) is 23.9 Å². The highest BCUT2D eigenvalue weighted by atomic mass is 32.1. The molecule has 4 heterocycles. The number of aromatic amines is 1. The molecule has 0 atom stereocenters. The van der Waals surface area contributed by atoms with Gasteiger partial charge in [0.1, 0.15) is 0 Å². The molecule has 0 radical (unpaired) electrons. The van der Waals surface area contributed by atoms with E-state index >= 15 is 0 Å². The first-order valence-electron chi connectivity index (χ1n) is 7.89. The second-order valence-electron chi connectivity index (χ2n) is 5.79. The topological polar surface area (TPSA) is 71.4 Å². The number of aromatic nitrogens is 5. The summed E-state index contributed by atoms with van der Waals surface area (Å²) in [6.45, 7) is 0.717. The lowest BCUT2D eigenvalue weighted by Gasteiger charge is -2.16. The number of anilines is 2. The number of thiophene rings is 1. The Hall–Kier alpha value is -3.19. The van der Waals surface area contributed by atoms with E-state index in [0.29, 0.717) is 6.54 Å². The SMILES string of the molecule is c1cnc2ccc(Cn3[nH]c4ncc(Nc5ccsc5)nc43)cc2c1. The van der Waals surface area contributed by atoms with Crippen LogP contribution in [0.2, 0.25) is 0 Å². The van der Waals surface area contributed by atoms with Crippen molar-refractivity contribution in [3.63, 3.8) is 0 Å². The van der Waals surface area contributed by atoms with Crippen molar-refractivity contribution < 1.29 is 0 Å². The Morgan fingerprint density at radius 1 is 1.16 bits per heavy atom. The smallest absolute Gasteiger partial charge is 0.194 e. The fraction of sp³-hybridized carbons (Fsp3) is 0.0556. The number of hydrogen-bond donors (Lipinski definition) is 2. The fourth-order valence-electron chi connectivity index (χ4n) is 2.84. The van der Waals surface area contributed by atoms with Crippen molar-refractivity contribution in [3.05, 3.63) is 65.1 Å². The summed E-state index contributed by atoms with van der Waals surface area (Å²) in [5.41, 5.74) is 4.88. The summed E-state index contributed by atoms with van der Waals surface area (Å²) < 4.78 is 2.00. The second kappa shape index (κ2) is 5.71. The van der Waals surface area contributed by atoms with E-state index in [0.717, 1.165) is 33.7 Å². The third kappa shape index (κ3) is 2.64. The Bertz CT molecular complexity index is 1150. The molecule has 0 amide bonds. The zero-order chi connectivity index (χ0) is 16.6. The molecule has 1 aromatic carbocycles. The van der Waals surface area contributed by atoms with Crippen LogP contribution in [0, 0.1) is 0 Å². The molecule has 0 bridgehead atoms. The van der Waals surface area contributed by atoms with Crippen LogP contribution in [0.1, 0.15) is 5.56 Å². The van der Waals surface area contributed by atoms with Crippen LogP contribution in [0.3, 0.4) is 0 Å². The second-order valence-corrected chi connectivity index (χ2v) is 6.57. The third-order valence-corrected chi connectivity index (χ3v) is 4.74. The molecule has 0 aliphatic rings. The summed E-state index contributed by atoms with van der Waals surface area (Å²) in [6.07, 6.45) is 3.55. The zero-order valence-corrected chi connectivity index (χ0v) is 14.0. The van der Waals surface area contributed by atoms with Gasteiger partial charge in [-0.05, 0) is 35.2 Å². The van der Waals surface area contributed by atoms with E-state index in [1.165, 1.54) is 5.56 Å². The van der Waals surface area contributed by atoms with Crippen molar-refractivity contribution >= 4 is 45.0 Å². The van der Waals surface area contributed by atoms with E-state index in [9.17, 15) is 0 Å². The van der Waals surface area contributed by atoms with Crippen molar-refractivity contribution in [1.29, 1.82) is 0 Å². The standard InChI is InChI=1S/C18H14N6S/c1-2-13-8-12(3-4-15(13)19-6-1)10-24-18-17(23-24)20-9-16(22-18)21-14-5-7-25-11-14/h1-9,11H,10H2,(H,20,23)(H,21,22). The first-order valence-corrected chi connectivity index (χ1v) is 8.83. The number of fused-ring (bicyclic) bond motifs is 2. The number of benzene rings is 1. The van der Waals surface area contributed by atoms with E-state index in [-0.39, 0.29) is 0 Å². The summed E-state index contributed by atoms with van der Waals surface area (Å²) in [7, 11) is 0. The fourth-order valence-corrected chi connectivity index (χ4v) is 3.43. The van der Waals surface area contributed by atoms with Crippen LogP contribution in [0.4, 0.5) is 11.5 Å². The monoisotopic (exact) mass is 346 g/mol. The maximum Gasteiger partial charge on any atom is 0.194 e. The summed E-state index contributed by atoms with van der Waals surface area (Å²) in [6, 6.07) is 12.3. The highest BCUT2D eigenvalue weighted by Gasteiger charge is 2.11. The van der Waals surface area contributed by atoms with Gasteiger partial charge in [-0.3, -0.25) is 14.8 Å². The minimum atomic E-state index is 0.717. The van der Waals surface area contributed by atoms with E-state index in [1.807, 2.05) is 39.8 Å². The van der Waals surface area contributed by atoms with Crippen LogP contribution in [0.15, 0.2) is 59.6 Å². The van der Waals surface area contributed by atoms with Gasteiger partial charge in [-0.1, -0.05) is 12.1 Å². The first-order chi connectivity index (χ1) is 12.3. The van der Waals surface area contributed by atoms with Crippen LogP contribution < -0.4 is 5.32 Å². The van der Waals surface area contributed by atoms with E-state index in [2.05, 4.69) is 43.6 Å². The van der Waals surface area contributed by atoms with E-state index in [4.69, 9.17) is 0 Å². The lowest BCUT2D eigenvalue weighted by atomic mass is 10.1. The van der Waals surface area contributed by atoms with Gasteiger partial charge in [0.2, 0.25) is 0 Å². The Kier molecular flexibility index (Phi) is 3.24. The Labute approximate surface area is 147 Å². The maximum atomic E-state index is 4.66. The van der Waals surface area contributed by atoms with Crippen LogP contribution in [0.5, 0.6) is 0 Å². The predicted octanol–water partition coefficient (Wildman–Crippen LogP) is 4.16. The van der Waals surface area contributed by atoms with Gasteiger partial charge in [-0.25, -0.2) is 9.97 Å². The minimum Gasteiger partial charge on any atom is -0.338 e. The predicted molar refractivity (Wildman–Crippen MR) is 100 cm³/mol. The zero-order valence-electron chi connectivity index (χ0n) is 13.2. The van der Waals surface area contributed by atoms with Crippen LogP contribution >= 0.6 is 11.3 Å². The molecule has 5 rings (SSSR count). The van der Waals surface area contributed by atoms with Crippen molar-refractivity contribution in [2.24, 2.45) is 0 Å². The number of rotatable bonds is 4. The van der Waals surface area contributed by atoms with Crippen molar-refractivity contribution in [2.75, 3.05) is 5.32 Å². The molecular weight excluding hydrogens is 332 g/mol. The molecular formula is C18H14N6S. The summed E-state index contributed by atoms with van der Waals surface area (Å²) in [5, 5.41) is 11.7. The minimum absolute atomic E-state index is 0.717. The highest BCUT2D eigenvalue weighted by Crippen LogP contribution is 2.21. The summed E-state index contributed by atoms with van der Waals surface area (Å²) >= 11 is 1.64. The normalized spacial score (nSPS) is 11.4. The molecule has 122 valence electrons. The third-order valence-electron chi connectivity index (χ3n) is 4.05. The van der Waals surface area contributed by atoms with Gasteiger partial charge in [0.25, 0.3) is 0 Å². The molecule has 7 heteroatoms. The molecule has 25 heavy (non-hydrogen) atoms. The van der Waals surface area contributed by atoms with Gasteiger partial charge in [-0.2, -0.15) is 11.3 Å². The van der Waals surface area contributed by atoms with Gasteiger partial charge in [0, 0.05) is 17.0 Å². The highest BCUT2D eigenvalue weighted by molar-refractivity contribution is 7.08. The first kappa shape index (κ1) is 14.2. The number of H-pyrrole nitrogens is 1. The largest absolute Gasteiger partial charge is 0.338 e. The molecule has 0 fully saturated rings. The van der Waals surface area contributed by atoms with Gasteiger partial charge >= 0.3 is 0 Å². The molecule has 0 aliphatic carbocycles. The maximum absolute atomic E-state index is 4.66. The number of pyridine rings is 1. The van der Waals surface area contributed by atoms with Crippen molar-refractivity contribution in [1.82, 2.24) is 24.7 Å². The van der Waals surface area contributed by atoms with E-state index in [1.54, 1.807) is 17.5 Å². The molecule has 6 nitrogen and oxygen atoms in total. The molecule has 4 aromatic heterocycles. The van der Waals surface area contributed by atoms with Crippen molar-refractivity contribution in [3.8, 4) is 0 Å². The molecule has 0 unspecified atom stereocenters. The number of hydrogen-bond acceptors (Lipinski definition) is 5. The van der Waals surface area contributed by atoms with Crippen molar-refractivity contribution in [2.45, 2.75) is 6.54 Å². The Morgan fingerprint density at radius 3 is 3.08 bits per heavy atom. The summed E-state index contributed by atoms with van der Waals surface area (Å²) in [4.78, 5) is 13.4. The number of nitrogens with one attached hydrogen (secondary N) is 2. The molecule has 0 aliphatic heterocycles. The van der Waals surface area contributed by atoms with Gasteiger partial charge in [-0.15, -0.1) is 0 Å². The average Bonchev–Trinajstić information content (AvgIpc) is 3.14. The molecule has 0 spiro atoms. The van der Waals surface area contributed by atoms with Gasteiger partial charge in [0.15, 0.2) is 17.1 Å². The average molecular weight is 346 g/mol. The van der Waals surface area contributed by atoms with Gasteiger partial charge < -0.3 is 5.32 Å². The Morgan fingerprint density at radius 2 is 2.16 bits per heavy atom. The van der Waals surface area contributed by atoms with Crippen LogP contribution in [-0.4, -0.2) is 24.7 Å². The summed E-state index contributed by atoms with van der Waals surface area (Å²) in [5.74, 6) is 0.742. The van der Waals surface area contributed by atoms with E-state index < -0.39 is 0 Å². The lowest BCUT2D eigenvalue weighted by Crippen LogP contribution is -2.15. The molecule has 2 N–H and O–H groups in total. The molecule has 5 aromatic rings. The molecule has 0 saturated heterocycles. The quantitative estimate of drug-likeness (QED) is 0.512. The van der Waals surface area contributed by atoms with Crippen LogP contribution in [0.25, 0.3) is 22.2 Å². The van der Waals surface area contributed by atoms with Crippen LogP contribution in [-0.2, 0) is 6.54 Å². The molecule has 0 saturated carbocycles.